The maximum atomic E-state index is 13.9. The SMILES string of the molecule is C=CCn1c(SCc2ccccc2F)nnc1C(C)Oc1ccc(C(C)C)cc1. The summed E-state index contributed by atoms with van der Waals surface area (Å²) in [5.74, 6) is 2.25. The third-order valence-corrected chi connectivity index (χ3v) is 5.61. The molecule has 152 valence electrons. The Bertz CT molecular complexity index is 953. The smallest absolute Gasteiger partial charge is 0.191 e. The lowest BCUT2D eigenvalue weighted by Crippen LogP contribution is -2.12. The number of thioether (sulfide) groups is 1. The Kier molecular flexibility index (Phi) is 7.09. The van der Waals surface area contributed by atoms with E-state index in [1.165, 1.54) is 23.4 Å². The molecule has 0 fully saturated rings. The van der Waals surface area contributed by atoms with E-state index in [1.807, 2.05) is 29.7 Å². The van der Waals surface area contributed by atoms with E-state index in [4.69, 9.17) is 4.74 Å². The molecule has 1 heterocycles. The van der Waals surface area contributed by atoms with Gasteiger partial charge in [-0.2, -0.15) is 0 Å². The molecule has 6 heteroatoms. The molecule has 3 aromatic rings. The fourth-order valence-electron chi connectivity index (χ4n) is 2.95. The van der Waals surface area contributed by atoms with E-state index < -0.39 is 0 Å². The van der Waals surface area contributed by atoms with E-state index >= 15 is 0 Å². The second kappa shape index (κ2) is 9.74. The van der Waals surface area contributed by atoms with Gasteiger partial charge in [0.2, 0.25) is 0 Å². The number of benzene rings is 2. The summed E-state index contributed by atoms with van der Waals surface area (Å²) in [7, 11) is 0. The third kappa shape index (κ3) is 5.26. The van der Waals surface area contributed by atoms with Gasteiger partial charge in [-0.15, -0.1) is 16.8 Å². The quantitative estimate of drug-likeness (QED) is 0.312. The molecule has 1 unspecified atom stereocenters. The zero-order chi connectivity index (χ0) is 20.8. The first kappa shape index (κ1) is 21.1. The highest BCUT2D eigenvalue weighted by Gasteiger charge is 2.19. The summed E-state index contributed by atoms with van der Waals surface area (Å²) in [5, 5.41) is 9.36. The molecule has 4 nitrogen and oxygen atoms in total. The van der Waals surface area contributed by atoms with Gasteiger partial charge in [-0.1, -0.05) is 62.0 Å². The van der Waals surface area contributed by atoms with Gasteiger partial charge in [-0.3, -0.25) is 4.57 Å². The van der Waals surface area contributed by atoms with E-state index in [2.05, 4.69) is 42.8 Å². The standard InChI is InChI=1S/C23H26FN3OS/c1-5-14-27-22(17(4)28-20-12-10-18(11-13-20)16(2)3)25-26-23(27)29-15-19-8-6-7-9-21(19)24/h5-13,16-17H,1,14-15H2,2-4H3. The van der Waals surface area contributed by atoms with Crippen molar-refractivity contribution >= 4 is 11.8 Å². The van der Waals surface area contributed by atoms with Gasteiger partial charge < -0.3 is 4.74 Å². The van der Waals surface area contributed by atoms with E-state index in [0.29, 0.717) is 34.8 Å². The topological polar surface area (TPSA) is 39.9 Å². The van der Waals surface area contributed by atoms with Crippen LogP contribution in [0.1, 0.15) is 49.7 Å². The maximum Gasteiger partial charge on any atom is 0.191 e. The molecule has 0 N–H and O–H groups in total. The van der Waals surface area contributed by atoms with Gasteiger partial charge in [-0.25, -0.2) is 4.39 Å². The Morgan fingerprint density at radius 3 is 2.48 bits per heavy atom. The average Bonchev–Trinajstić information content (AvgIpc) is 3.11. The van der Waals surface area contributed by atoms with Gasteiger partial charge in [-0.05, 0) is 42.2 Å². The number of hydrogen-bond donors (Lipinski definition) is 0. The van der Waals surface area contributed by atoms with Crippen molar-refractivity contribution in [3.8, 4) is 5.75 Å². The largest absolute Gasteiger partial charge is 0.483 e. The Balaban J connectivity index is 1.74. The first-order valence-corrected chi connectivity index (χ1v) is 10.6. The predicted octanol–water partition coefficient (Wildman–Crippen LogP) is 6.16. The monoisotopic (exact) mass is 411 g/mol. The number of allylic oxidation sites excluding steroid dienone is 1. The van der Waals surface area contributed by atoms with E-state index in [-0.39, 0.29) is 11.9 Å². The van der Waals surface area contributed by atoms with Crippen molar-refractivity contribution in [1.82, 2.24) is 14.8 Å². The van der Waals surface area contributed by atoms with Gasteiger partial charge in [0.1, 0.15) is 11.6 Å². The van der Waals surface area contributed by atoms with Gasteiger partial charge in [0.15, 0.2) is 17.1 Å². The lowest BCUT2D eigenvalue weighted by Gasteiger charge is -2.16. The summed E-state index contributed by atoms with van der Waals surface area (Å²) in [4.78, 5) is 0. The lowest BCUT2D eigenvalue weighted by atomic mass is 10.0. The lowest BCUT2D eigenvalue weighted by molar-refractivity contribution is 0.210. The molecule has 29 heavy (non-hydrogen) atoms. The van der Waals surface area contributed by atoms with Crippen LogP contribution < -0.4 is 4.74 Å². The van der Waals surface area contributed by atoms with Crippen LogP contribution in [0.5, 0.6) is 5.75 Å². The number of ether oxygens (including phenoxy) is 1. The van der Waals surface area contributed by atoms with Crippen molar-refractivity contribution in [2.45, 2.75) is 50.2 Å². The maximum absolute atomic E-state index is 13.9. The zero-order valence-corrected chi connectivity index (χ0v) is 17.8. The van der Waals surface area contributed by atoms with Crippen LogP contribution in [0.15, 0.2) is 66.3 Å². The van der Waals surface area contributed by atoms with Crippen LogP contribution in [-0.2, 0) is 12.3 Å². The molecule has 0 aliphatic carbocycles. The van der Waals surface area contributed by atoms with Gasteiger partial charge >= 0.3 is 0 Å². The molecular weight excluding hydrogens is 385 g/mol. The molecule has 3 rings (SSSR count). The molecule has 0 saturated heterocycles. The molecule has 0 saturated carbocycles. The van der Waals surface area contributed by atoms with Crippen LogP contribution >= 0.6 is 11.8 Å². The fraction of sp³-hybridized carbons (Fsp3) is 0.304. The zero-order valence-electron chi connectivity index (χ0n) is 17.0. The number of halogens is 1. The Hall–Kier alpha value is -2.60. The number of hydrogen-bond acceptors (Lipinski definition) is 4. The molecule has 0 radical (unpaired) electrons. The second-order valence-electron chi connectivity index (χ2n) is 7.10. The molecule has 0 aliphatic heterocycles. The van der Waals surface area contributed by atoms with E-state index in [9.17, 15) is 4.39 Å². The number of aromatic nitrogens is 3. The van der Waals surface area contributed by atoms with Crippen LogP contribution in [0, 0.1) is 5.82 Å². The van der Waals surface area contributed by atoms with Crippen molar-refractivity contribution in [3.63, 3.8) is 0 Å². The highest BCUT2D eigenvalue weighted by atomic mass is 32.2. The molecule has 1 atom stereocenters. The Morgan fingerprint density at radius 1 is 1.10 bits per heavy atom. The average molecular weight is 412 g/mol. The van der Waals surface area contributed by atoms with E-state index in [0.717, 1.165) is 5.75 Å². The summed E-state index contributed by atoms with van der Waals surface area (Å²) in [6.07, 6.45) is 1.51. The first-order chi connectivity index (χ1) is 14.0. The molecule has 0 bridgehead atoms. The van der Waals surface area contributed by atoms with Crippen molar-refractivity contribution in [2.24, 2.45) is 0 Å². The minimum Gasteiger partial charge on any atom is -0.483 e. The minimum absolute atomic E-state index is 0.212. The molecule has 2 aromatic carbocycles. The minimum atomic E-state index is -0.282. The van der Waals surface area contributed by atoms with Gasteiger partial charge in [0.05, 0.1) is 0 Å². The van der Waals surface area contributed by atoms with Crippen LogP contribution in [0.4, 0.5) is 4.39 Å². The van der Waals surface area contributed by atoms with Crippen molar-refractivity contribution in [3.05, 3.63) is 84.0 Å². The number of rotatable bonds is 9. The first-order valence-electron chi connectivity index (χ1n) is 9.66. The third-order valence-electron chi connectivity index (χ3n) is 4.59. The van der Waals surface area contributed by atoms with Crippen molar-refractivity contribution in [1.29, 1.82) is 0 Å². The summed E-state index contributed by atoms with van der Waals surface area (Å²) < 4.78 is 22.0. The predicted molar refractivity (Wildman–Crippen MR) is 116 cm³/mol. The van der Waals surface area contributed by atoms with Gasteiger partial charge in [0.25, 0.3) is 0 Å². The summed E-state index contributed by atoms with van der Waals surface area (Å²) >= 11 is 1.45. The van der Waals surface area contributed by atoms with Crippen molar-refractivity contribution in [2.75, 3.05) is 0 Å². The molecule has 0 aliphatic rings. The van der Waals surface area contributed by atoms with Crippen LogP contribution in [0.2, 0.25) is 0 Å². The molecule has 1 aromatic heterocycles. The summed E-state index contributed by atoms with van der Waals surface area (Å²) in [5.41, 5.74) is 1.91. The van der Waals surface area contributed by atoms with Crippen molar-refractivity contribution < 1.29 is 9.13 Å². The highest BCUT2D eigenvalue weighted by Crippen LogP contribution is 2.28. The normalized spacial score (nSPS) is 12.2. The molecule has 0 amide bonds. The van der Waals surface area contributed by atoms with Crippen LogP contribution in [-0.4, -0.2) is 14.8 Å². The van der Waals surface area contributed by atoms with Gasteiger partial charge in [0, 0.05) is 12.3 Å². The fourth-order valence-corrected chi connectivity index (χ4v) is 3.90. The Labute approximate surface area is 175 Å². The Morgan fingerprint density at radius 2 is 1.83 bits per heavy atom. The van der Waals surface area contributed by atoms with E-state index in [1.54, 1.807) is 18.2 Å². The molecular formula is C23H26FN3OS. The van der Waals surface area contributed by atoms with Crippen LogP contribution in [0.3, 0.4) is 0 Å². The summed E-state index contributed by atoms with van der Waals surface area (Å²) in [6, 6.07) is 14.9. The molecule has 0 spiro atoms. The highest BCUT2D eigenvalue weighted by molar-refractivity contribution is 7.98. The van der Waals surface area contributed by atoms with Crippen LogP contribution in [0.25, 0.3) is 0 Å². The summed E-state index contributed by atoms with van der Waals surface area (Å²) in [6.45, 7) is 10.7. The second-order valence-corrected chi connectivity index (χ2v) is 8.05. The number of nitrogens with zero attached hydrogens (tertiary/aromatic N) is 3.